The molecule has 1 unspecified atom stereocenters. The van der Waals surface area contributed by atoms with E-state index in [2.05, 4.69) is 16.5 Å². The Hall–Kier alpha value is -2.59. The van der Waals surface area contributed by atoms with Gasteiger partial charge in [0.05, 0.1) is 10.5 Å². The average molecular weight is 531 g/mol. The van der Waals surface area contributed by atoms with Gasteiger partial charge in [-0.3, -0.25) is 19.7 Å². The number of rotatable bonds is 6. The van der Waals surface area contributed by atoms with Gasteiger partial charge in [0.15, 0.2) is 0 Å². The molecule has 3 aromatic rings. The van der Waals surface area contributed by atoms with Crippen molar-refractivity contribution >= 4 is 50.7 Å². The van der Waals surface area contributed by atoms with Gasteiger partial charge in [-0.1, -0.05) is 24.6 Å². The van der Waals surface area contributed by atoms with Gasteiger partial charge in [0.2, 0.25) is 11.6 Å². The van der Waals surface area contributed by atoms with Gasteiger partial charge in [0.1, 0.15) is 0 Å². The number of benzene rings is 2. The van der Waals surface area contributed by atoms with Crippen molar-refractivity contribution in [3.05, 3.63) is 73.5 Å². The number of likely N-dealkylation sites (tertiary alicyclic amines) is 1. The van der Waals surface area contributed by atoms with E-state index in [1.807, 2.05) is 46.9 Å². The first-order valence-corrected chi connectivity index (χ1v) is 11.3. The molecule has 1 aliphatic rings. The number of para-hydroxylation sites is 1. The molecule has 1 aliphatic heterocycles. The Morgan fingerprint density at radius 3 is 2.61 bits per heavy atom. The molecule has 160 valence electrons. The lowest BCUT2D eigenvalue weighted by atomic mass is 10.0. The summed E-state index contributed by atoms with van der Waals surface area (Å²) in [5.74, 6) is -1.38. The SMILES string of the molecule is CN1CCCCC1Cn1cc(C(=O)C(=O)c2cc([N+](=O)[O-])ccc2I)c2ccccc21. The molecule has 0 amide bonds. The van der Waals surface area contributed by atoms with E-state index in [0.29, 0.717) is 15.2 Å². The van der Waals surface area contributed by atoms with Crippen molar-refractivity contribution in [3.63, 3.8) is 0 Å². The first-order chi connectivity index (χ1) is 14.9. The number of hydrogen-bond acceptors (Lipinski definition) is 5. The summed E-state index contributed by atoms with van der Waals surface area (Å²) in [4.78, 5) is 39.2. The molecule has 7 nitrogen and oxygen atoms in total. The number of aromatic nitrogens is 1. The third-order valence-electron chi connectivity index (χ3n) is 5.97. The third-order valence-corrected chi connectivity index (χ3v) is 6.91. The second kappa shape index (κ2) is 8.88. The van der Waals surface area contributed by atoms with Crippen molar-refractivity contribution in [1.29, 1.82) is 0 Å². The quantitative estimate of drug-likeness (QED) is 0.151. The van der Waals surface area contributed by atoms with Crippen molar-refractivity contribution in [2.24, 2.45) is 0 Å². The minimum absolute atomic E-state index is 0.0589. The van der Waals surface area contributed by atoms with Crippen molar-refractivity contribution in [3.8, 4) is 0 Å². The Labute approximate surface area is 193 Å². The monoisotopic (exact) mass is 531 g/mol. The normalized spacial score (nSPS) is 17.0. The van der Waals surface area contributed by atoms with Crippen LogP contribution in [0.3, 0.4) is 0 Å². The van der Waals surface area contributed by atoms with Crippen LogP contribution < -0.4 is 0 Å². The molecule has 0 saturated carbocycles. The summed E-state index contributed by atoms with van der Waals surface area (Å²) in [6.45, 7) is 1.80. The first kappa shape index (κ1) is 21.6. The summed E-state index contributed by atoms with van der Waals surface area (Å²) in [6.07, 6.45) is 5.23. The Balaban J connectivity index is 1.71. The van der Waals surface area contributed by atoms with Gasteiger partial charge < -0.3 is 9.47 Å². The molecule has 2 aromatic carbocycles. The Kier molecular flexibility index (Phi) is 6.19. The van der Waals surface area contributed by atoms with Gasteiger partial charge in [-0.25, -0.2) is 0 Å². The molecule has 1 saturated heterocycles. The molecule has 2 heterocycles. The van der Waals surface area contributed by atoms with E-state index >= 15 is 0 Å². The molecular weight excluding hydrogens is 509 g/mol. The molecule has 1 atom stereocenters. The zero-order chi connectivity index (χ0) is 22.1. The minimum Gasteiger partial charge on any atom is -0.345 e. The smallest absolute Gasteiger partial charge is 0.270 e. The zero-order valence-corrected chi connectivity index (χ0v) is 19.2. The van der Waals surface area contributed by atoms with Crippen LogP contribution in [0.5, 0.6) is 0 Å². The lowest BCUT2D eigenvalue weighted by Crippen LogP contribution is -2.39. The number of nitro groups is 1. The number of ketones is 2. The van der Waals surface area contributed by atoms with Crippen molar-refractivity contribution in [2.45, 2.75) is 31.8 Å². The predicted octanol–water partition coefficient (Wildman–Crippen LogP) is 4.70. The molecule has 0 aliphatic carbocycles. The maximum atomic E-state index is 13.2. The summed E-state index contributed by atoms with van der Waals surface area (Å²) in [7, 11) is 2.12. The van der Waals surface area contributed by atoms with Crippen molar-refractivity contribution in [2.75, 3.05) is 13.6 Å². The molecule has 0 radical (unpaired) electrons. The van der Waals surface area contributed by atoms with E-state index in [9.17, 15) is 19.7 Å². The van der Waals surface area contributed by atoms with Crippen LogP contribution in [0.4, 0.5) is 5.69 Å². The Morgan fingerprint density at radius 2 is 1.87 bits per heavy atom. The summed E-state index contributed by atoms with van der Waals surface area (Å²) >= 11 is 1.92. The zero-order valence-electron chi connectivity index (χ0n) is 17.1. The van der Waals surface area contributed by atoms with Gasteiger partial charge in [0, 0.05) is 51.0 Å². The first-order valence-electron chi connectivity index (χ1n) is 10.2. The highest BCUT2D eigenvalue weighted by Crippen LogP contribution is 2.27. The summed E-state index contributed by atoms with van der Waals surface area (Å²) < 4.78 is 2.56. The Morgan fingerprint density at radius 1 is 1.13 bits per heavy atom. The highest BCUT2D eigenvalue weighted by Gasteiger charge is 2.27. The van der Waals surface area contributed by atoms with E-state index in [0.717, 1.165) is 30.4 Å². The number of nitro benzene ring substituents is 1. The van der Waals surface area contributed by atoms with Gasteiger partial charge in [0.25, 0.3) is 5.69 Å². The van der Waals surface area contributed by atoms with Gasteiger partial charge >= 0.3 is 0 Å². The summed E-state index contributed by atoms with van der Waals surface area (Å²) in [6, 6.07) is 11.9. The van der Waals surface area contributed by atoms with Crippen molar-refractivity contribution < 1.29 is 14.5 Å². The van der Waals surface area contributed by atoms with E-state index in [1.165, 1.54) is 31.0 Å². The fourth-order valence-corrected chi connectivity index (χ4v) is 4.81. The lowest BCUT2D eigenvalue weighted by Gasteiger charge is -2.32. The van der Waals surface area contributed by atoms with E-state index < -0.39 is 16.5 Å². The van der Waals surface area contributed by atoms with Crippen molar-refractivity contribution in [1.82, 2.24) is 9.47 Å². The highest BCUT2D eigenvalue weighted by molar-refractivity contribution is 14.1. The minimum atomic E-state index is -0.731. The third kappa shape index (κ3) is 4.27. The molecule has 1 fully saturated rings. The van der Waals surface area contributed by atoms with Gasteiger partial charge in [-0.2, -0.15) is 0 Å². The molecule has 8 heteroatoms. The summed E-state index contributed by atoms with van der Waals surface area (Å²) in [5.41, 5.74) is 1.09. The van der Waals surface area contributed by atoms with Gasteiger partial charge in [-0.05, 0) is 61.2 Å². The maximum absolute atomic E-state index is 13.2. The van der Waals surface area contributed by atoms with E-state index in [1.54, 1.807) is 6.20 Å². The van der Waals surface area contributed by atoms with E-state index in [4.69, 9.17) is 0 Å². The van der Waals surface area contributed by atoms with Crippen LogP contribution in [0.25, 0.3) is 10.9 Å². The number of hydrogen-bond donors (Lipinski definition) is 0. The largest absolute Gasteiger partial charge is 0.345 e. The number of carbonyl (C=O) groups is 2. The molecule has 0 bridgehead atoms. The highest BCUT2D eigenvalue weighted by atomic mass is 127. The number of non-ortho nitro benzene ring substituents is 1. The number of Topliss-reactive ketones (excluding diaryl/α,β-unsaturated/α-hetero) is 2. The fraction of sp³-hybridized carbons (Fsp3) is 0.304. The second-order valence-corrected chi connectivity index (χ2v) is 9.08. The van der Waals surface area contributed by atoms with E-state index in [-0.39, 0.29) is 11.3 Å². The molecular formula is C23H22IN3O4. The van der Waals surface area contributed by atoms with Crippen LogP contribution in [-0.2, 0) is 6.54 Å². The number of nitrogens with zero attached hydrogens (tertiary/aromatic N) is 3. The second-order valence-electron chi connectivity index (χ2n) is 7.92. The molecule has 1 aromatic heterocycles. The van der Waals surface area contributed by atoms with Gasteiger partial charge in [-0.15, -0.1) is 0 Å². The number of likely N-dealkylation sites (N-methyl/N-ethyl adjacent to an activating group) is 1. The standard InChI is InChI=1S/C23H22IN3O4/c1-25-11-5-4-6-16(25)13-26-14-19(17-7-2-3-8-21(17)26)23(29)22(28)18-12-15(27(30)31)9-10-20(18)24/h2-3,7-10,12,14,16H,4-6,11,13H2,1H3. The fourth-order valence-electron chi connectivity index (χ4n) is 4.23. The van der Waals surface area contributed by atoms with Crippen LogP contribution in [0, 0.1) is 13.7 Å². The summed E-state index contributed by atoms with van der Waals surface area (Å²) in [5, 5.41) is 11.8. The van der Waals surface area contributed by atoms with Crippen LogP contribution in [0.1, 0.15) is 40.0 Å². The average Bonchev–Trinajstić information content (AvgIpc) is 3.13. The number of carbonyl (C=O) groups excluding carboxylic acids is 2. The van der Waals surface area contributed by atoms with Crippen LogP contribution >= 0.6 is 22.6 Å². The number of fused-ring (bicyclic) bond motifs is 1. The molecule has 0 spiro atoms. The van der Waals surface area contributed by atoms with Crippen LogP contribution in [0.15, 0.2) is 48.7 Å². The Bertz CT molecular complexity index is 1190. The van der Waals surface area contributed by atoms with Crippen LogP contribution in [0.2, 0.25) is 0 Å². The maximum Gasteiger partial charge on any atom is 0.270 e. The molecule has 0 N–H and O–H groups in total. The predicted molar refractivity (Wildman–Crippen MR) is 127 cm³/mol. The number of halogens is 1. The number of piperidine rings is 1. The topological polar surface area (TPSA) is 85.5 Å². The van der Waals surface area contributed by atoms with Crippen LogP contribution in [-0.4, -0.2) is 45.6 Å². The molecule has 4 rings (SSSR count). The molecule has 31 heavy (non-hydrogen) atoms. The lowest BCUT2D eigenvalue weighted by molar-refractivity contribution is -0.384.